The van der Waals surface area contributed by atoms with Crippen LogP contribution in [0.15, 0.2) is 54.6 Å². The van der Waals surface area contributed by atoms with Crippen molar-refractivity contribution in [3.8, 4) is 5.75 Å². The first-order valence-corrected chi connectivity index (χ1v) is 11.2. The van der Waals surface area contributed by atoms with Crippen molar-refractivity contribution < 1.29 is 23.9 Å². The third kappa shape index (κ3) is 5.18. The van der Waals surface area contributed by atoms with E-state index >= 15 is 0 Å². The summed E-state index contributed by atoms with van der Waals surface area (Å²) in [6.07, 6.45) is -0.241. The maximum Gasteiger partial charge on any atom is 0.338 e. The van der Waals surface area contributed by atoms with Gasteiger partial charge in [0.25, 0.3) is 0 Å². The van der Waals surface area contributed by atoms with E-state index in [1.54, 1.807) is 52.0 Å². The van der Waals surface area contributed by atoms with Crippen LogP contribution in [0, 0.1) is 5.41 Å². The number of esters is 1. The molecule has 1 aliphatic heterocycles. The Balaban J connectivity index is 1.73. The average Bonchev–Trinajstić information content (AvgIpc) is 2.77. The lowest BCUT2D eigenvalue weighted by atomic mass is 9.76. The van der Waals surface area contributed by atoms with Crippen molar-refractivity contribution in [2.75, 3.05) is 0 Å². The molecule has 2 aromatic carbocycles. The normalized spacial score (nSPS) is 21.1. The maximum atomic E-state index is 13.0. The highest BCUT2D eigenvalue weighted by Gasteiger charge is 2.61. The Morgan fingerprint density at radius 3 is 2.24 bits per heavy atom. The lowest BCUT2D eigenvalue weighted by molar-refractivity contribution is -0.186. The van der Waals surface area contributed by atoms with Gasteiger partial charge in [0, 0.05) is 0 Å². The largest absolute Gasteiger partial charge is 0.469 e. The highest BCUT2D eigenvalue weighted by molar-refractivity contribution is 6.03. The fourth-order valence-electron chi connectivity index (χ4n) is 3.63. The first-order valence-electron chi connectivity index (χ1n) is 11.2. The minimum atomic E-state index is -0.822. The van der Waals surface area contributed by atoms with Crippen LogP contribution in [0.25, 0.3) is 0 Å². The fourth-order valence-corrected chi connectivity index (χ4v) is 3.63. The predicted molar refractivity (Wildman–Crippen MR) is 125 cm³/mol. The van der Waals surface area contributed by atoms with Crippen molar-refractivity contribution in [3.63, 3.8) is 0 Å². The Labute approximate surface area is 195 Å². The van der Waals surface area contributed by atoms with E-state index in [0.29, 0.717) is 17.7 Å². The van der Waals surface area contributed by atoms with E-state index in [2.05, 4.69) is 5.32 Å². The van der Waals surface area contributed by atoms with Crippen LogP contribution in [-0.2, 0) is 9.53 Å². The number of amides is 3. The molecule has 1 saturated heterocycles. The number of imide groups is 1. The topological polar surface area (TPSA) is 84.9 Å². The summed E-state index contributed by atoms with van der Waals surface area (Å²) in [6.45, 7) is 11.0. The van der Waals surface area contributed by atoms with Crippen LogP contribution < -0.4 is 10.1 Å². The van der Waals surface area contributed by atoms with E-state index in [1.807, 2.05) is 44.2 Å². The van der Waals surface area contributed by atoms with E-state index in [-0.39, 0.29) is 11.9 Å². The van der Waals surface area contributed by atoms with Crippen molar-refractivity contribution in [2.45, 2.75) is 65.8 Å². The summed E-state index contributed by atoms with van der Waals surface area (Å²) in [5, 5.41) is 2.88. The summed E-state index contributed by atoms with van der Waals surface area (Å²) in [4.78, 5) is 39.2. The van der Waals surface area contributed by atoms with Gasteiger partial charge in [0.15, 0.2) is 6.23 Å². The molecule has 33 heavy (non-hydrogen) atoms. The Hall–Kier alpha value is -3.35. The second-order valence-corrected chi connectivity index (χ2v) is 9.52. The molecule has 0 spiro atoms. The Morgan fingerprint density at radius 2 is 1.70 bits per heavy atom. The first kappa shape index (κ1) is 24.3. The van der Waals surface area contributed by atoms with Crippen LogP contribution in [-0.4, -0.2) is 34.6 Å². The zero-order chi connectivity index (χ0) is 24.4. The molecule has 0 saturated carbocycles. The molecule has 0 unspecified atom stereocenters. The van der Waals surface area contributed by atoms with Crippen molar-refractivity contribution in [1.29, 1.82) is 0 Å². The zero-order valence-electron chi connectivity index (χ0n) is 20.0. The highest BCUT2D eigenvalue weighted by Crippen LogP contribution is 2.43. The molecule has 1 aliphatic rings. The Morgan fingerprint density at radius 1 is 1.09 bits per heavy atom. The van der Waals surface area contributed by atoms with Gasteiger partial charge in [-0.2, -0.15) is 0 Å². The van der Waals surface area contributed by atoms with Gasteiger partial charge >= 0.3 is 12.0 Å². The zero-order valence-corrected chi connectivity index (χ0v) is 20.0. The monoisotopic (exact) mass is 452 g/mol. The second kappa shape index (κ2) is 9.25. The van der Waals surface area contributed by atoms with Gasteiger partial charge in [0.2, 0.25) is 5.91 Å². The summed E-state index contributed by atoms with van der Waals surface area (Å²) in [7, 11) is 0. The number of hydrogen-bond donors (Lipinski definition) is 1. The van der Waals surface area contributed by atoms with E-state index in [4.69, 9.17) is 9.47 Å². The lowest BCUT2D eigenvalue weighted by Crippen LogP contribution is -2.72. The molecule has 1 N–H and O–H groups in total. The number of β-lactam (4-membered cyclic amide) rings is 1. The molecule has 7 heteroatoms. The van der Waals surface area contributed by atoms with E-state index in [0.717, 1.165) is 10.5 Å². The molecule has 3 atom stereocenters. The van der Waals surface area contributed by atoms with Crippen molar-refractivity contribution in [1.82, 2.24) is 10.2 Å². The molecule has 2 aromatic rings. The summed E-state index contributed by atoms with van der Waals surface area (Å²) in [6, 6.07) is 15.2. The number of likely N-dealkylation sites (tertiary alicyclic amines) is 1. The highest BCUT2D eigenvalue weighted by atomic mass is 16.6. The van der Waals surface area contributed by atoms with Crippen LogP contribution in [0.2, 0.25) is 0 Å². The predicted octanol–water partition coefficient (Wildman–Crippen LogP) is 5.08. The average molecular weight is 453 g/mol. The van der Waals surface area contributed by atoms with Gasteiger partial charge in [0.05, 0.1) is 11.6 Å². The van der Waals surface area contributed by atoms with E-state index < -0.39 is 29.2 Å². The minimum Gasteiger partial charge on any atom is -0.469 e. The fraction of sp³-hybridized carbons (Fsp3) is 0.423. The molecule has 3 rings (SSSR count). The molecular formula is C26H32N2O5. The van der Waals surface area contributed by atoms with Crippen LogP contribution in [0.3, 0.4) is 0 Å². The van der Waals surface area contributed by atoms with Crippen LogP contribution in [0.1, 0.15) is 69.9 Å². The molecule has 1 heterocycles. The minimum absolute atomic E-state index is 0.270. The van der Waals surface area contributed by atoms with Crippen LogP contribution >= 0.6 is 0 Å². The number of rotatable bonds is 6. The summed E-state index contributed by atoms with van der Waals surface area (Å²) in [5.41, 5.74) is -0.0811. The molecule has 1 fully saturated rings. The first-order chi connectivity index (χ1) is 15.5. The number of nitrogens with zero attached hydrogens (tertiary/aromatic N) is 1. The third-order valence-corrected chi connectivity index (χ3v) is 5.82. The van der Waals surface area contributed by atoms with Crippen LogP contribution in [0.4, 0.5) is 4.79 Å². The van der Waals surface area contributed by atoms with E-state index in [9.17, 15) is 14.4 Å². The molecule has 0 aliphatic carbocycles. The number of benzene rings is 2. The number of nitrogens with one attached hydrogen (secondary N) is 1. The van der Waals surface area contributed by atoms with Crippen molar-refractivity contribution in [2.24, 2.45) is 5.41 Å². The van der Waals surface area contributed by atoms with Gasteiger partial charge in [-0.25, -0.2) is 14.5 Å². The number of urea groups is 1. The quantitative estimate of drug-likeness (QED) is 0.488. The number of carbonyl (C=O) groups excluding carboxylic acids is 3. The molecular weight excluding hydrogens is 420 g/mol. The molecule has 0 radical (unpaired) electrons. The third-order valence-electron chi connectivity index (χ3n) is 5.82. The number of ether oxygens (including phenoxy) is 2. The van der Waals surface area contributed by atoms with Crippen molar-refractivity contribution >= 4 is 17.9 Å². The molecule has 0 aromatic heterocycles. The van der Waals surface area contributed by atoms with Gasteiger partial charge in [-0.05, 0) is 70.9 Å². The van der Waals surface area contributed by atoms with Crippen molar-refractivity contribution in [3.05, 3.63) is 65.7 Å². The molecule has 7 nitrogen and oxygen atoms in total. The molecule has 176 valence electrons. The Kier molecular flexibility index (Phi) is 6.81. The second-order valence-electron chi connectivity index (χ2n) is 9.52. The summed E-state index contributed by atoms with van der Waals surface area (Å²) >= 11 is 0. The molecule has 3 amide bonds. The van der Waals surface area contributed by atoms with E-state index in [1.165, 1.54) is 0 Å². The number of hydrogen-bond acceptors (Lipinski definition) is 5. The SMILES string of the molecule is CC[C@@]1(C)C(=O)N(C(=O)N[C@H](C)c2ccccc2)[C@H]1Oc1ccc(C(=O)OC(C)(C)C)cc1. The standard InChI is InChI=1S/C26H32N2O5/c1-7-26(6)22(30)28(24(31)27-17(2)18-11-9-8-10-12-18)23(26)32-20-15-13-19(14-16-20)21(29)33-25(3,4)5/h8-17,23H,7H2,1-6H3,(H,27,31)/t17-,23+,26+/m1/s1. The smallest absolute Gasteiger partial charge is 0.338 e. The summed E-state index contributed by atoms with van der Waals surface area (Å²) < 4.78 is 11.5. The van der Waals surface area contributed by atoms with Gasteiger partial charge in [0.1, 0.15) is 16.8 Å². The molecule has 0 bridgehead atoms. The van der Waals surface area contributed by atoms with Gasteiger partial charge in [-0.15, -0.1) is 0 Å². The lowest BCUT2D eigenvalue weighted by Gasteiger charge is -2.51. The van der Waals surface area contributed by atoms with Gasteiger partial charge < -0.3 is 14.8 Å². The van der Waals surface area contributed by atoms with Crippen LogP contribution in [0.5, 0.6) is 5.75 Å². The summed E-state index contributed by atoms with van der Waals surface area (Å²) in [5.74, 6) is -0.256. The van der Waals surface area contributed by atoms with Gasteiger partial charge in [-0.3, -0.25) is 4.79 Å². The number of carbonyl (C=O) groups is 3. The maximum absolute atomic E-state index is 13.0. The van der Waals surface area contributed by atoms with Gasteiger partial charge in [-0.1, -0.05) is 37.3 Å². The Bertz CT molecular complexity index is 1010.